The Kier molecular flexibility index (Phi) is 44.7. The molecule has 56 heavy (non-hydrogen) atoms. The summed E-state index contributed by atoms with van der Waals surface area (Å²) >= 11 is 0. The van der Waals surface area contributed by atoms with Crippen molar-refractivity contribution in [3.63, 3.8) is 0 Å². The average molecular weight is 790 g/mol. The maximum absolute atomic E-state index is 12.4. The Morgan fingerprint density at radius 1 is 0.500 bits per heavy atom. The number of esters is 1. The maximum atomic E-state index is 12.4. The molecule has 0 fully saturated rings. The Bertz CT molecular complexity index is 874. The third-order valence-corrected chi connectivity index (χ3v) is 11.3. The van der Waals surface area contributed by atoms with Crippen LogP contribution in [0.25, 0.3) is 0 Å². The molecule has 0 aliphatic heterocycles. The Morgan fingerprint density at radius 3 is 1.32 bits per heavy atom. The zero-order valence-corrected chi connectivity index (χ0v) is 37.4. The van der Waals surface area contributed by atoms with Crippen LogP contribution in [0.2, 0.25) is 0 Å². The smallest absolute Gasteiger partial charge is 0.305 e. The molecule has 0 aliphatic carbocycles. The van der Waals surface area contributed by atoms with Crippen LogP contribution in [0, 0.1) is 0 Å². The Balaban J connectivity index is 3.53. The summed E-state index contributed by atoms with van der Waals surface area (Å²) in [4.78, 5) is 24.4. The van der Waals surface area contributed by atoms with Gasteiger partial charge in [-0.25, -0.2) is 0 Å². The third kappa shape index (κ3) is 42.0. The summed E-state index contributed by atoms with van der Waals surface area (Å²) in [5, 5.41) is 23.1. The number of aliphatic hydroxyl groups is 2. The van der Waals surface area contributed by atoms with E-state index in [0.717, 1.165) is 77.0 Å². The SMILES string of the molecule is CCCCCCCCCCCCCCC(=O)OCCCCC/C=C\C=C/CCCCCCCCC(=O)NC(CO)C(O)CCCCCCCCCCCCCC. The van der Waals surface area contributed by atoms with E-state index in [9.17, 15) is 19.8 Å². The lowest BCUT2D eigenvalue weighted by molar-refractivity contribution is -0.143. The van der Waals surface area contributed by atoms with Crippen LogP contribution >= 0.6 is 0 Å². The van der Waals surface area contributed by atoms with Gasteiger partial charge in [-0.15, -0.1) is 0 Å². The van der Waals surface area contributed by atoms with Gasteiger partial charge in [-0.3, -0.25) is 9.59 Å². The molecule has 0 bridgehead atoms. The molecule has 2 atom stereocenters. The van der Waals surface area contributed by atoms with Crippen LogP contribution < -0.4 is 5.32 Å². The van der Waals surface area contributed by atoms with Crippen LogP contribution in [-0.4, -0.2) is 47.4 Å². The lowest BCUT2D eigenvalue weighted by Gasteiger charge is -2.22. The summed E-state index contributed by atoms with van der Waals surface area (Å²) in [6, 6.07) is -0.556. The number of nitrogens with one attached hydrogen (secondary N) is 1. The number of carbonyl (C=O) groups excluding carboxylic acids is 2. The van der Waals surface area contributed by atoms with Crippen molar-refractivity contribution < 1.29 is 24.5 Å². The lowest BCUT2D eigenvalue weighted by atomic mass is 10.0. The van der Waals surface area contributed by atoms with Crippen molar-refractivity contribution in [2.45, 2.75) is 270 Å². The van der Waals surface area contributed by atoms with Gasteiger partial charge in [0.05, 0.1) is 25.4 Å². The summed E-state index contributed by atoms with van der Waals surface area (Å²) in [5.41, 5.74) is 0. The van der Waals surface area contributed by atoms with E-state index in [1.807, 2.05) is 0 Å². The van der Waals surface area contributed by atoms with E-state index >= 15 is 0 Å². The fourth-order valence-electron chi connectivity index (χ4n) is 7.45. The first kappa shape index (κ1) is 54.3. The first-order chi connectivity index (χ1) is 27.5. The highest BCUT2D eigenvalue weighted by Crippen LogP contribution is 2.16. The standard InChI is InChI=1S/C50H95NO5/c1-3-5-7-9-11-13-15-22-26-30-34-38-42-48(53)47(46-52)51-49(54)43-39-35-31-27-23-20-18-17-19-21-25-29-33-37-41-45-56-50(55)44-40-36-32-28-24-16-14-12-10-8-6-4-2/h17,19,21,25,47-48,52-53H,3-16,18,20,22-24,26-46H2,1-2H3,(H,51,54)/b19-17-,25-21-. The number of hydrogen-bond acceptors (Lipinski definition) is 5. The monoisotopic (exact) mass is 790 g/mol. The molecule has 6 heteroatoms. The number of rotatable bonds is 45. The highest BCUT2D eigenvalue weighted by molar-refractivity contribution is 5.76. The number of allylic oxidation sites excluding steroid dienone is 4. The van der Waals surface area contributed by atoms with Gasteiger partial charge >= 0.3 is 5.97 Å². The Morgan fingerprint density at radius 2 is 0.875 bits per heavy atom. The van der Waals surface area contributed by atoms with Gasteiger partial charge in [-0.05, 0) is 57.8 Å². The first-order valence-electron chi connectivity index (χ1n) is 24.6. The fourth-order valence-corrected chi connectivity index (χ4v) is 7.45. The minimum absolute atomic E-state index is 0.0214. The van der Waals surface area contributed by atoms with Crippen molar-refractivity contribution in [1.82, 2.24) is 5.32 Å². The quantitative estimate of drug-likeness (QED) is 0.0324. The topological polar surface area (TPSA) is 95.9 Å². The second kappa shape index (κ2) is 46.0. The molecule has 0 aromatic carbocycles. The summed E-state index contributed by atoms with van der Waals surface area (Å²) < 4.78 is 5.43. The molecule has 6 nitrogen and oxygen atoms in total. The van der Waals surface area contributed by atoms with Gasteiger partial charge in [-0.1, -0.05) is 212 Å². The van der Waals surface area contributed by atoms with E-state index in [-0.39, 0.29) is 18.5 Å². The van der Waals surface area contributed by atoms with Crippen molar-refractivity contribution in [2.75, 3.05) is 13.2 Å². The molecule has 0 rings (SSSR count). The molecule has 330 valence electrons. The van der Waals surface area contributed by atoms with Crippen LogP contribution in [0.5, 0.6) is 0 Å². The summed E-state index contributed by atoms with van der Waals surface area (Å²) in [7, 11) is 0. The van der Waals surface area contributed by atoms with Gasteiger partial charge < -0.3 is 20.3 Å². The molecular formula is C50H95NO5. The fraction of sp³-hybridized carbons (Fsp3) is 0.880. The molecule has 0 saturated heterocycles. The molecular weight excluding hydrogens is 695 g/mol. The number of unbranched alkanes of at least 4 members (excludes halogenated alkanes) is 31. The van der Waals surface area contributed by atoms with E-state index < -0.39 is 12.1 Å². The molecule has 0 aliphatic rings. The molecule has 0 spiro atoms. The number of aliphatic hydroxyl groups excluding tert-OH is 2. The zero-order valence-electron chi connectivity index (χ0n) is 37.4. The number of amides is 1. The largest absolute Gasteiger partial charge is 0.466 e. The zero-order chi connectivity index (χ0) is 40.8. The highest BCUT2D eigenvalue weighted by atomic mass is 16.5. The van der Waals surface area contributed by atoms with E-state index in [4.69, 9.17) is 4.74 Å². The number of ether oxygens (including phenoxy) is 1. The molecule has 0 saturated carbocycles. The van der Waals surface area contributed by atoms with Gasteiger partial charge in [0.2, 0.25) is 5.91 Å². The Labute approximate surface area is 348 Å². The average Bonchev–Trinajstić information content (AvgIpc) is 3.20. The van der Waals surface area contributed by atoms with Crippen molar-refractivity contribution in [2.24, 2.45) is 0 Å². The Hall–Kier alpha value is -1.66. The second-order valence-electron chi connectivity index (χ2n) is 16.8. The molecule has 0 radical (unpaired) electrons. The molecule has 0 heterocycles. The van der Waals surface area contributed by atoms with Gasteiger partial charge in [-0.2, -0.15) is 0 Å². The summed E-state index contributed by atoms with van der Waals surface area (Å²) in [5.74, 6) is -0.0799. The summed E-state index contributed by atoms with van der Waals surface area (Å²) in [6.45, 7) is 4.88. The highest BCUT2D eigenvalue weighted by Gasteiger charge is 2.20. The second-order valence-corrected chi connectivity index (χ2v) is 16.8. The predicted molar refractivity (Wildman–Crippen MR) is 241 cm³/mol. The molecule has 1 amide bonds. The van der Waals surface area contributed by atoms with Crippen LogP contribution in [0.1, 0.15) is 258 Å². The van der Waals surface area contributed by atoms with Crippen molar-refractivity contribution in [3.8, 4) is 0 Å². The normalized spacial score (nSPS) is 12.9. The minimum atomic E-state index is -0.676. The lowest BCUT2D eigenvalue weighted by Crippen LogP contribution is -2.45. The molecule has 3 N–H and O–H groups in total. The van der Waals surface area contributed by atoms with E-state index in [2.05, 4.69) is 43.5 Å². The molecule has 2 unspecified atom stereocenters. The van der Waals surface area contributed by atoms with Gasteiger partial charge in [0.25, 0.3) is 0 Å². The van der Waals surface area contributed by atoms with Crippen molar-refractivity contribution in [1.29, 1.82) is 0 Å². The van der Waals surface area contributed by atoms with Crippen LogP contribution in [0.3, 0.4) is 0 Å². The van der Waals surface area contributed by atoms with Crippen LogP contribution in [0.4, 0.5) is 0 Å². The maximum Gasteiger partial charge on any atom is 0.305 e. The number of carbonyl (C=O) groups is 2. The van der Waals surface area contributed by atoms with E-state index in [0.29, 0.717) is 25.9 Å². The van der Waals surface area contributed by atoms with E-state index in [1.165, 1.54) is 148 Å². The number of hydrogen-bond donors (Lipinski definition) is 3. The first-order valence-corrected chi connectivity index (χ1v) is 24.6. The minimum Gasteiger partial charge on any atom is -0.466 e. The van der Waals surface area contributed by atoms with Crippen LogP contribution in [-0.2, 0) is 14.3 Å². The van der Waals surface area contributed by atoms with Gasteiger partial charge in [0, 0.05) is 12.8 Å². The van der Waals surface area contributed by atoms with Gasteiger partial charge in [0.1, 0.15) is 0 Å². The third-order valence-electron chi connectivity index (χ3n) is 11.3. The summed E-state index contributed by atoms with van der Waals surface area (Å²) in [6.07, 6.45) is 52.8. The van der Waals surface area contributed by atoms with Crippen molar-refractivity contribution >= 4 is 11.9 Å². The van der Waals surface area contributed by atoms with Crippen LogP contribution in [0.15, 0.2) is 24.3 Å². The molecule has 0 aromatic rings. The van der Waals surface area contributed by atoms with Gasteiger partial charge in [0.15, 0.2) is 0 Å². The predicted octanol–water partition coefficient (Wildman–Crippen LogP) is 14.3. The van der Waals surface area contributed by atoms with Crippen molar-refractivity contribution in [3.05, 3.63) is 24.3 Å². The van der Waals surface area contributed by atoms with E-state index in [1.54, 1.807) is 0 Å². The molecule has 0 aromatic heterocycles.